The Morgan fingerprint density at radius 2 is 1.90 bits per heavy atom. The molecule has 29 heavy (non-hydrogen) atoms. The van der Waals surface area contributed by atoms with Crippen LogP contribution in [0.15, 0.2) is 35.9 Å². The van der Waals surface area contributed by atoms with Crippen LogP contribution in [0.3, 0.4) is 0 Å². The molecule has 2 aliphatic carbocycles. The van der Waals surface area contributed by atoms with E-state index in [9.17, 15) is 9.18 Å². The maximum absolute atomic E-state index is 13.4. The van der Waals surface area contributed by atoms with Crippen molar-refractivity contribution in [2.45, 2.75) is 57.4 Å². The largest absolute Gasteiger partial charge is 0.369 e. The highest BCUT2D eigenvalue weighted by atomic mass is 19.1. The molecule has 1 saturated heterocycles. The summed E-state index contributed by atoms with van der Waals surface area (Å²) in [6.45, 7) is 5.20. The third-order valence-electron chi connectivity index (χ3n) is 6.91. The number of rotatable bonds is 6. The maximum atomic E-state index is 13.4. The van der Waals surface area contributed by atoms with E-state index in [1.807, 2.05) is 6.07 Å². The van der Waals surface area contributed by atoms with Gasteiger partial charge >= 0.3 is 0 Å². The Bertz CT molecular complexity index is 719. The van der Waals surface area contributed by atoms with Crippen molar-refractivity contribution in [2.75, 3.05) is 37.6 Å². The smallest absolute Gasteiger partial charge is 0.247 e. The molecule has 0 aromatic heterocycles. The lowest BCUT2D eigenvalue weighted by atomic mass is 9.84. The fourth-order valence-electron chi connectivity index (χ4n) is 5.02. The molecule has 1 heterocycles. The average molecular weight is 400 g/mol. The number of halogens is 1. The highest BCUT2D eigenvalue weighted by molar-refractivity contribution is 5.93. The second kappa shape index (κ2) is 9.75. The SMILES string of the molecule is O=C(N[C@H]1CC[C@H](CCN2CCN(c3cccc(F)c3)CC2)CC1)C1=CCCC1. The number of carbonyl (C=O) groups excluding carboxylic acids is 1. The molecule has 5 heteroatoms. The molecule has 1 aromatic rings. The Hall–Kier alpha value is -1.88. The molecule has 3 aliphatic rings. The third-order valence-corrected chi connectivity index (χ3v) is 6.91. The van der Waals surface area contributed by atoms with Crippen LogP contribution in [0.25, 0.3) is 0 Å². The zero-order valence-electron chi connectivity index (χ0n) is 17.4. The minimum absolute atomic E-state index is 0.156. The summed E-state index contributed by atoms with van der Waals surface area (Å²) in [5.74, 6) is 0.814. The van der Waals surface area contributed by atoms with Crippen molar-refractivity contribution in [3.63, 3.8) is 0 Å². The number of benzene rings is 1. The molecule has 1 N–H and O–H groups in total. The number of carbonyl (C=O) groups is 1. The van der Waals surface area contributed by atoms with Crippen LogP contribution in [0, 0.1) is 11.7 Å². The predicted octanol–water partition coefficient (Wildman–Crippen LogP) is 4.12. The summed E-state index contributed by atoms with van der Waals surface area (Å²) >= 11 is 0. The van der Waals surface area contributed by atoms with Crippen molar-refractivity contribution in [1.29, 1.82) is 0 Å². The van der Waals surface area contributed by atoms with Gasteiger partial charge < -0.3 is 10.2 Å². The number of nitrogens with zero attached hydrogens (tertiary/aromatic N) is 2. The second-order valence-corrected chi connectivity index (χ2v) is 8.91. The predicted molar refractivity (Wildman–Crippen MR) is 115 cm³/mol. The first-order chi connectivity index (χ1) is 14.2. The van der Waals surface area contributed by atoms with Gasteiger partial charge in [-0.15, -0.1) is 0 Å². The van der Waals surface area contributed by atoms with Crippen LogP contribution >= 0.6 is 0 Å². The molecule has 1 aliphatic heterocycles. The van der Waals surface area contributed by atoms with Gasteiger partial charge in [-0.05, 0) is 82.0 Å². The number of hydrogen-bond acceptors (Lipinski definition) is 3. The van der Waals surface area contributed by atoms with Gasteiger partial charge in [0.1, 0.15) is 5.82 Å². The average Bonchev–Trinajstić information content (AvgIpc) is 3.29. The number of anilines is 1. The lowest BCUT2D eigenvalue weighted by Crippen LogP contribution is -2.47. The first-order valence-electron chi connectivity index (χ1n) is 11.4. The molecular formula is C24H34FN3O. The zero-order chi connectivity index (χ0) is 20.1. The Kier molecular flexibility index (Phi) is 6.86. The van der Waals surface area contributed by atoms with E-state index in [0.29, 0.717) is 6.04 Å². The van der Waals surface area contributed by atoms with E-state index in [1.165, 1.54) is 25.3 Å². The van der Waals surface area contributed by atoms with Crippen LogP contribution in [0.2, 0.25) is 0 Å². The number of allylic oxidation sites excluding steroid dienone is 1. The molecule has 0 radical (unpaired) electrons. The van der Waals surface area contributed by atoms with E-state index in [2.05, 4.69) is 21.2 Å². The lowest BCUT2D eigenvalue weighted by molar-refractivity contribution is -0.118. The van der Waals surface area contributed by atoms with Gasteiger partial charge in [0.2, 0.25) is 5.91 Å². The van der Waals surface area contributed by atoms with Gasteiger partial charge in [-0.3, -0.25) is 9.69 Å². The molecule has 1 saturated carbocycles. The molecule has 4 rings (SSSR count). The molecule has 2 fully saturated rings. The number of amides is 1. The van der Waals surface area contributed by atoms with Crippen molar-refractivity contribution in [1.82, 2.24) is 10.2 Å². The normalized spacial score (nSPS) is 25.7. The highest BCUT2D eigenvalue weighted by Crippen LogP contribution is 2.28. The molecule has 0 spiro atoms. The minimum atomic E-state index is -0.156. The molecule has 0 unspecified atom stereocenters. The van der Waals surface area contributed by atoms with Crippen molar-refractivity contribution in [3.05, 3.63) is 41.7 Å². The van der Waals surface area contributed by atoms with Crippen LogP contribution in [0.5, 0.6) is 0 Å². The van der Waals surface area contributed by atoms with E-state index in [-0.39, 0.29) is 11.7 Å². The highest BCUT2D eigenvalue weighted by Gasteiger charge is 2.25. The van der Waals surface area contributed by atoms with Crippen LogP contribution in [0.4, 0.5) is 10.1 Å². The summed E-state index contributed by atoms with van der Waals surface area (Å²) in [5.41, 5.74) is 2.00. The van der Waals surface area contributed by atoms with E-state index in [4.69, 9.17) is 0 Å². The van der Waals surface area contributed by atoms with Gasteiger partial charge in [-0.2, -0.15) is 0 Å². The van der Waals surface area contributed by atoms with E-state index in [0.717, 1.165) is 82.0 Å². The second-order valence-electron chi connectivity index (χ2n) is 8.91. The Morgan fingerprint density at radius 3 is 2.59 bits per heavy atom. The summed E-state index contributed by atoms with van der Waals surface area (Å²) < 4.78 is 13.4. The Balaban J connectivity index is 1.13. The van der Waals surface area contributed by atoms with Gasteiger partial charge in [0, 0.05) is 43.5 Å². The van der Waals surface area contributed by atoms with Crippen molar-refractivity contribution in [3.8, 4) is 0 Å². The van der Waals surface area contributed by atoms with Gasteiger partial charge in [-0.1, -0.05) is 12.1 Å². The molecular weight excluding hydrogens is 365 g/mol. The van der Waals surface area contributed by atoms with Crippen molar-refractivity contribution < 1.29 is 9.18 Å². The fraction of sp³-hybridized carbons (Fsp3) is 0.625. The number of piperazine rings is 1. The molecule has 0 bridgehead atoms. The molecule has 0 atom stereocenters. The van der Waals surface area contributed by atoms with Crippen LogP contribution < -0.4 is 10.2 Å². The van der Waals surface area contributed by atoms with Crippen LogP contribution in [-0.4, -0.2) is 49.6 Å². The van der Waals surface area contributed by atoms with E-state index >= 15 is 0 Å². The summed E-state index contributed by atoms with van der Waals surface area (Å²) in [7, 11) is 0. The molecule has 1 aromatic carbocycles. The Morgan fingerprint density at radius 1 is 1.10 bits per heavy atom. The van der Waals surface area contributed by atoms with E-state index in [1.54, 1.807) is 12.1 Å². The monoisotopic (exact) mass is 399 g/mol. The zero-order valence-corrected chi connectivity index (χ0v) is 17.4. The van der Waals surface area contributed by atoms with Crippen LogP contribution in [0.1, 0.15) is 51.4 Å². The summed E-state index contributed by atoms with van der Waals surface area (Å²) in [6.07, 6.45) is 11.2. The topological polar surface area (TPSA) is 35.6 Å². The number of nitrogens with one attached hydrogen (secondary N) is 1. The number of hydrogen-bond donors (Lipinski definition) is 1. The first-order valence-corrected chi connectivity index (χ1v) is 11.4. The fourth-order valence-corrected chi connectivity index (χ4v) is 5.02. The van der Waals surface area contributed by atoms with Gasteiger partial charge in [0.15, 0.2) is 0 Å². The summed E-state index contributed by atoms with van der Waals surface area (Å²) in [4.78, 5) is 17.1. The van der Waals surface area contributed by atoms with Gasteiger partial charge in [0.05, 0.1) is 0 Å². The standard InChI is InChI=1S/C24H34FN3O/c25-21-6-3-7-23(18-21)28-16-14-27(15-17-28)13-12-19-8-10-22(11-9-19)26-24(29)20-4-1-2-5-20/h3-4,6-7,18-19,22H,1-2,5,8-17H2,(H,26,29)/t19-,22-. The third kappa shape index (κ3) is 5.59. The lowest BCUT2D eigenvalue weighted by Gasteiger charge is -2.37. The maximum Gasteiger partial charge on any atom is 0.247 e. The quantitative estimate of drug-likeness (QED) is 0.782. The molecule has 1 amide bonds. The van der Waals surface area contributed by atoms with Crippen LogP contribution in [-0.2, 0) is 4.79 Å². The minimum Gasteiger partial charge on any atom is -0.369 e. The van der Waals surface area contributed by atoms with Crippen molar-refractivity contribution >= 4 is 11.6 Å². The summed E-state index contributed by atoms with van der Waals surface area (Å²) in [6, 6.07) is 7.30. The first kappa shape index (κ1) is 20.4. The van der Waals surface area contributed by atoms with Gasteiger partial charge in [-0.25, -0.2) is 4.39 Å². The Labute approximate surface area is 174 Å². The van der Waals surface area contributed by atoms with Crippen molar-refractivity contribution in [2.24, 2.45) is 5.92 Å². The molecule has 158 valence electrons. The van der Waals surface area contributed by atoms with Gasteiger partial charge in [0.25, 0.3) is 0 Å². The van der Waals surface area contributed by atoms with E-state index < -0.39 is 0 Å². The summed E-state index contributed by atoms with van der Waals surface area (Å²) in [5, 5.41) is 3.26. The molecule has 4 nitrogen and oxygen atoms in total.